The van der Waals surface area contributed by atoms with Crippen LogP contribution >= 0.6 is 0 Å². The Morgan fingerprint density at radius 3 is 2.14 bits per heavy atom. The fraction of sp³-hybridized carbons (Fsp3) is 0.909. The first kappa shape index (κ1) is 13.6. The molecule has 0 aromatic rings. The summed E-state index contributed by atoms with van der Waals surface area (Å²) in [4.78, 5) is 11.5. The number of ketones is 1. The van der Waals surface area contributed by atoms with Gasteiger partial charge in [-0.2, -0.15) is 0 Å². The van der Waals surface area contributed by atoms with Gasteiger partial charge in [-0.3, -0.25) is 4.79 Å². The SMILES string of the molecule is CC(C)C(=O)CC(CN)NC(C)(C)C. The molecule has 84 valence electrons. The molecule has 3 nitrogen and oxygen atoms in total. The van der Waals surface area contributed by atoms with E-state index in [1.807, 2.05) is 13.8 Å². The molecule has 1 atom stereocenters. The maximum absolute atomic E-state index is 11.5. The van der Waals surface area contributed by atoms with E-state index in [9.17, 15) is 4.79 Å². The van der Waals surface area contributed by atoms with Crippen LogP contribution in [0, 0.1) is 5.92 Å². The van der Waals surface area contributed by atoms with Crippen LogP contribution in [0.3, 0.4) is 0 Å². The van der Waals surface area contributed by atoms with Crippen LogP contribution in [0.1, 0.15) is 41.0 Å². The molecule has 0 heterocycles. The van der Waals surface area contributed by atoms with Crippen LogP contribution in [0.4, 0.5) is 0 Å². The molecule has 0 aliphatic heterocycles. The van der Waals surface area contributed by atoms with Crippen LogP contribution in [-0.2, 0) is 4.79 Å². The summed E-state index contributed by atoms with van der Waals surface area (Å²) in [5, 5.41) is 3.35. The van der Waals surface area contributed by atoms with E-state index in [0.717, 1.165) is 0 Å². The van der Waals surface area contributed by atoms with Crippen molar-refractivity contribution in [3.63, 3.8) is 0 Å². The van der Waals surface area contributed by atoms with Gasteiger partial charge in [-0.05, 0) is 20.8 Å². The lowest BCUT2D eigenvalue weighted by atomic mass is 9.99. The molecule has 14 heavy (non-hydrogen) atoms. The lowest BCUT2D eigenvalue weighted by Crippen LogP contribution is -2.48. The normalized spacial score (nSPS) is 14.5. The number of carbonyl (C=O) groups excluding carboxylic acids is 1. The second kappa shape index (κ2) is 5.47. The van der Waals surface area contributed by atoms with Gasteiger partial charge in [0.25, 0.3) is 0 Å². The Labute approximate surface area is 87.4 Å². The van der Waals surface area contributed by atoms with Gasteiger partial charge in [0.2, 0.25) is 0 Å². The zero-order valence-electron chi connectivity index (χ0n) is 10.1. The number of Topliss-reactive ketones (excluding diaryl/α,β-unsaturated/α-hetero) is 1. The molecule has 0 radical (unpaired) electrons. The molecular weight excluding hydrogens is 176 g/mol. The molecule has 0 amide bonds. The van der Waals surface area contributed by atoms with Crippen LogP contribution in [0.25, 0.3) is 0 Å². The maximum atomic E-state index is 11.5. The Kier molecular flexibility index (Phi) is 5.31. The number of nitrogens with two attached hydrogens (primary N) is 1. The summed E-state index contributed by atoms with van der Waals surface area (Å²) in [5.74, 6) is 0.378. The minimum absolute atomic E-state index is 0.0152. The number of nitrogens with one attached hydrogen (secondary N) is 1. The van der Waals surface area contributed by atoms with Gasteiger partial charge in [0, 0.05) is 30.5 Å². The number of rotatable bonds is 5. The van der Waals surface area contributed by atoms with E-state index in [1.165, 1.54) is 0 Å². The average molecular weight is 200 g/mol. The Balaban J connectivity index is 4.10. The topological polar surface area (TPSA) is 55.1 Å². The molecule has 0 saturated carbocycles. The van der Waals surface area contributed by atoms with Crippen molar-refractivity contribution in [2.24, 2.45) is 11.7 Å². The molecule has 0 aliphatic carbocycles. The fourth-order valence-corrected chi connectivity index (χ4v) is 1.28. The second-order valence-electron chi connectivity index (χ2n) is 5.15. The van der Waals surface area contributed by atoms with E-state index in [-0.39, 0.29) is 23.3 Å². The van der Waals surface area contributed by atoms with Gasteiger partial charge in [-0.1, -0.05) is 13.8 Å². The third-order valence-corrected chi connectivity index (χ3v) is 2.01. The van der Waals surface area contributed by atoms with Crippen molar-refractivity contribution >= 4 is 5.78 Å². The molecule has 0 saturated heterocycles. The van der Waals surface area contributed by atoms with Crippen molar-refractivity contribution in [1.82, 2.24) is 5.32 Å². The molecule has 0 aromatic heterocycles. The summed E-state index contributed by atoms with van der Waals surface area (Å²) in [6.07, 6.45) is 0.533. The van der Waals surface area contributed by atoms with Gasteiger partial charge in [0.05, 0.1) is 0 Å². The smallest absolute Gasteiger partial charge is 0.137 e. The van der Waals surface area contributed by atoms with Crippen LogP contribution in [0.15, 0.2) is 0 Å². The van der Waals surface area contributed by atoms with Crippen molar-refractivity contribution in [3.8, 4) is 0 Å². The minimum atomic E-state index is 0.0152. The molecule has 0 aliphatic rings. The highest BCUT2D eigenvalue weighted by molar-refractivity contribution is 5.80. The molecule has 0 fully saturated rings. The first-order chi connectivity index (χ1) is 6.26. The summed E-state index contributed by atoms with van der Waals surface area (Å²) in [5.41, 5.74) is 5.63. The Morgan fingerprint density at radius 2 is 1.86 bits per heavy atom. The van der Waals surface area contributed by atoms with Crippen molar-refractivity contribution in [2.75, 3.05) is 6.54 Å². The average Bonchev–Trinajstić information content (AvgIpc) is 2.00. The second-order valence-corrected chi connectivity index (χ2v) is 5.15. The predicted molar refractivity (Wildman–Crippen MR) is 60.2 cm³/mol. The summed E-state index contributed by atoms with van der Waals surface area (Å²) < 4.78 is 0. The van der Waals surface area contributed by atoms with Crippen LogP contribution < -0.4 is 11.1 Å². The van der Waals surface area contributed by atoms with Crippen LogP contribution in [0.2, 0.25) is 0 Å². The quantitative estimate of drug-likeness (QED) is 0.703. The van der Waals surface area contributed by atoms with Crippen molar-refractivity contribution in [3.05, 3.63) is 0 Å². The standard InChI is InChI=1S/C11H24N2O/c1-8(2)10(14)6-9(7-12)13-11(3,4)5/h8-9,13H,6-7,12H2,1-5H3. The van der Waals surface area contributed by atoms with Crippen LogP contribution in [-0.4, -0.2) is 23.9 Å². The summed E-state index contributed by atoms with van der Waals surface area (Å²) in [6, 6.07) is 0.102. The summed E-state index contributed by atoms with van der Waals surface area (Å²) in [7, 11) is 0. The van der Waals surface area contributed by atoms with E-state index in [4.69, 9.17) is 5.73 Å². The van der Waals surface area contributed by atoms with E-state index < -0.39 is 0 Å². The third kappa shape index (κ3) is 6.11. The van der Waals surface area contributed by atoms with E-state index in [2.05, 4.69) is 26.1 Å². The fourth-order valence-electron chi connectivity index (χ4n) is 1.28. The lowest BCUT2D eigenvalue weighted by molar-refractivity contribution is -0.122. The first-order valence-electron chi connectivity index (χ1n) is 5.26. The molecule has 0 aromatic carbocycles. The van der Waals surface area contributed by atoms with E-state index >= 15 is 0 Å². The van der Waals surface area contributed by atoms with Gasteiger partial charge in [0.1, 0.15) is 5.78 Å². The monoisotopic (exact) mass is 200 g/mol. The molecule has 1 unspecified atom stereocenters. The Morgan fingerprint density at radius 1 is 1.36 bits per heavy atom. The van der Waals surface area contributed by atoms with Crippen molar-refractivity contribution in [2.45, 2.75) is 52.6 Å². The van der Waals surface area contributed by atoms with Gasteiger partial charge in [0.15, 0.2) is 0 Å². The predicted octanol–water partition coefficient (Wildman–Crippen LogP) is 1.32. The van der Waals surface area contributed by atoms with Gasteiger partial charge < -0.3 is 11.1 Å². The lowest BCUT2D eigenvalue weighted by Gasteiger charge is -2.27. The number of hydrogen-bond donors (Lipinski definition) is 2. The van der Waals surface area contributed by atoms with Crippen molar-refractivity contribution < 1.29 is 4.79 Å². The molecular formula is C11H24N2O. The molecule has 0 bridgehead atoms. The minimum Gasteiger partial charge on any atom is -0.329 e. The third-order valence-electron chi connectivity index (χ3n) is 2.01. The maximum Gasteiger partial charge on any atom is 0.137 e. The first-order valence-corrected chi connectivity index (χ1v) is 5.26. The van der Waals surface area contributed by atoms with Gasteiger partial charge >= 0.3 is 0 Å². The van der Waals surface area contributed by atoms with Crippen LogP contribution in [0.5, 0.6) is 0 Å². The highest BCUT2D eigenvalue weighted by Crippen LogP contribution is 2.06. The largest absolute Gasteiger partial charge is 0.329 e. The molecule has 3 heteroatoms. The number of hydrogen-bond acceptors (Lipinski definition) is 3. The van der Waals surface area contributed by atoms with E-state index in [0.29, 0.717) is 13.0 Å². The molecule has 0 rings (SSSR count). The Hall–Kier alpha value is -0.410. The summed E-state index contributed by atoms with van der Waals surface area (Å²) >= 11 is 0. The summed E-state index contributed by atoms with van der Waals surface area (Å²) in [6.45, 7) is 10.6. The molecule has 3 N–H and O–H groups in total. The van der Waals surface area contributed by atoms with Gasteiger partial charge in [-0.15, -0.1) is 0 Å². The zero-order chi connectivity index (χ0) is 11.4. The molecule has 0 spiro atoms. The highest BCUT2D eigenvalue weighted by Gasteiger charge is 2.19. The van der Waals surface area contributed by atoms with E-state index in [1.54, 1.807) is 0 Å². The van der Waals surface area contributed by atoms with Crippen molar-refractivity contribution in [1.29, 1.82) is 0 Å². The van der Waals surface area contributed by atoms with Gasteiger partial charge in [-0.25, -0.2) is 0 Å². The highest BCUT2D eigenvalue weighted by atomic mass is 16.1. The Bertz CT molecular complexity index is 182. The number of carbonyl (C=O) groups is 1. The zero-order valence-corrected chi connectivity index (χ0v) is 10.1.